The molecule has 1 aliphatic heterocycles. The van der Waals surface area contributed by atoms with E-state index in [1.165, 1.54) is 24.4 Å². The van der Waals surface area contributed by atoms with Gasteiger partial charge in [-0.3, -0.25) is 14.7 Å². The molecule has 2 aromatic rings. The van der Waals surface area contributed by atoms with Gasteiger partial charge in [0.2, 0.25) is 0 Å². The molecule has 1 fully saturated rings. The molecule has 3 rings (SSSR count). The van der Waals surface area contributed by atoms with Crippen molar-refractivity contribution in [1.29, 1.82) is 0 Å². The smallest absolute Gasteiger partial charge is 0.257 e. The number of hydrogen-bond acceptors (Lipinski definition) is 3. The molecule has 7 heteroatoms. The highest BCUT2D eigenvalue weighted by Crippen LogP contribution is 2.25. The molecule has 1 saturated heterocycles. The molecule has 1 aromatic heterocycles. The zero-order chi connectivity index (χ0) is 18.0. The van der Waals surface area contributed by atoms with Gasteiger partial charge in [-0.15, -0.1) is 0 Å². The molecule has 0 bridgehead atoms. The van der Waals surface area contributed by atoms with Crippen LogP contribution in [0.5, 0.6) is 0 Å². The molecule has 1 amide bonds. The van der Waals surface area contributed by atoms with Crippen LogP contribution < -0.4 is 0 Å². The summed E-state index contributed by atoms with van der Waals surface area (Å²) in [5, 5.41) is 0. The molecule has 1 aromatic carbocycles. The third kappa shape index (κ3) is 3.66. The highest BCUT2D eigenvalue weighted by atomic mass is 19.1. The van der Waals surface area contributed by atoms with Crippen molar-refractivity contribution in [3.8, 4) is 0 Å². The van der Waals surface area contributed by atoms with E-state index in [9.17, 15) is 18.0 Å². The summed E-state index contributed by atoms with van der Waals surface area (Å²) in [4.78, 5) is 19.6. The SMILES string of the molecule is C[C@H](c1ccc(F)cc1F)N1CCN(C(=O)c2ccncc2F)CC1. The number of pyridine rings is 1. The zero-order valence-corrected chi connectivity index (χ0v) is 13.8. The van der Waals surface area contributed by atoms with Gasteiger partial charge < -0.3 is 4.90 Å². The fraction of sp³-hybridized carbons (Fsp3) is 0.333. The van der Waals surface area contributed by atoms with Crippen LogP contribution in [0.3, 0.4) is 0 Å². The van der Waals surface area contributed by atoms with Crippen LogP contribution in [0.15, 0.2) is 36.7 Å². The van der Waals surface area contributed by atoms with Gasteiger partial charge in [0, 0.05) is 50.0 Å². The molecular formula is C18H18F3N3O. The maximum atomic E-state index is 13.9. The van der Waals surface area contributed by atoms with E-state index in [-0.39, 0.29) is 17.5 Å². The molecule has 0 saturated carbocycles. The molecule has 1 atom stereocenters. The highest BCUT2D eigenvalue weighted by Gasteiger charge is 2.27. The first-order chi connectivity index (χ1) is 12.0. The van der Waals surface area contributed by atoms with E-state index in [0.717, 1.165) is 12.3 Å². The van der Waals surface area contributed by atoms with E-state index >= 15 is 0 Å². The molecule has 0 aliphatic carbocycles. The predicted molar refractivity (Wildman–Crippen MR) is 86.4 cm³/mol. The second-order valence-corrected chi connectivity index (χ2v) is 6.03. The Kier molecular flexibility index (Phi) is 5.03. The summed E-state index contributed by atoms with van der Waals surface area (Å²) >= 11 is 0. The Morgan fingerprint density at radius 2 is 1.80 bits per heavy atom. The first-order valence-electron chi connectivity index (χ1n) is 8.05. The van der Waals surface area contributed by atoms with Gasteiger partial charge in [0.15, 0.2) is 5.82 Å². The number of hydrogen-bond donors (Lipinski definition) is 0. The number of halogens is 3. The molecule has 1 aliphatic rings. The lowest BCUT2D eigenvalue weighted by Gasteiger charge is -2.38. The molecule has 2 heterocycles. The second kappa shape index (κ2) is 7.23. The van der Waals surface area contributed by atoms with Crippen molar-refractivity contribution >= 4 is 5.91 Å². The topological polar surface area (TPSA) is 36.4 Å². The number of nitrogens with zero attached hydrogens (tertiary/aromatic N) is 3. The van der Waals surface area contributed by atoms with E-state index in [4.69, 9.17) is 0 Å². The van der Waals surface area contributed by atoms with Crippen LogP contribution in [-0.2, 0) is 0 Å². The lowest BCUT2D eigenvalue weighted by molar-refractivity contribution is 0.0574. The molecule has 0 unspecified atom stereocenters. The van der Waals surface area contributed by atoms with Gasteiger partial charge in [-0.05, 0) is 19.1 Å². The molecule has 0 spiro atoms. The van der Waals surface area contributed by atoms with Crippen molar-refractivity contribution in [2.45, 2.75) is 13.0 Å². The highest BCUT2D eigenvalue weighted by molar-refractivity contribution is 5.94. The number of aromatic nitrogens is 1. The number of amides is 1. The Labute approximate surface area is 143 Å². The molecule has 4 nitrogen and oxygen atoms in total. The van der Waals surface area contributed by atoms with Gasteiger partial charge in [0.25, 0.3) is 5.91 Å². The Bertz CT molecular complexity index is 776. The molecule has 25 heavy (non-hydrogen) atoms. The number of carbonyl (C=O) groups is 1. The third-order valence-electron chi connectivity index (χ3n) is 4.56. The lowest BCUT2D eigenvalue weighted by Crippen LogP contribution is -2.49. The lowest BCUT2D eigenvalue weighted by atomic mass is 10.0. The minimum Gasteiger partial charge on any atom is -0.336 e. The average Bonchev–Trinajstić information content (AvgIpc) is 2.61. The van der Waals surface area contributed by atoms with Crippen LogP contribution in [0.4, 0.5) is 13.2 Å². The van der Waals surface area contributed by atoms with E-state index in [1.54, 1.807) is 4.90 Å². The summed E-state index contributed by atoms with van der Waals surface area (Å²) in [6, 6.07) is 4.67. The Morgan fingerprint density at radius 1 is 1.08 bits per heavy atom. The summed E-state index contributed by atoms with van der Waals surface area (Å²) in [5.74, 6) is -2.20. The predicted octanol–water partition coefficient (Wildman–Crippen LogP) is 3.02. The first-order valence-corrected chi connectivity index (χ1v) is 8.05. The molecular weight excluding hydrogens is 331 g/mol. The largest absolute Gasteiger partial charge is 0.336 e. The summed E-state index contributed by atoms with van der Waals surface area (Å²) < 4.78 is 40.7. The van der Waals surface area contributed by atoms with E-state index in [2.05, 4.69) is 4.98 Å². The van der Waals surface area contributed by atoms with Crippen LogP contribution in [0.2, 0.25) is 0 Å². The van der Waals surface area contributed by atoms with Crippen molar-refractivity contribution in [2.24, 2.45) is 0 Å². The maximum Gasteiger partial charge on any atom is 0.257 e. The maximum absolute atomic E-state index is 13.9. The molecule has 132 valence electrons. The van der Waals surface area contributed by atoms with Gasteiger partial charge in [0.05, 0.1) is 11.8 Å². The average molecular weight is 349 g/mol. The number of carbonyl (C=O) groups excluding carboxylic acids is 1. The zero-order valence-electron chi connectivity index (χ0n) is 13.8. The van der Waals surface area contributed by atoms with E-state index < -0.39 is 17.5 Å². The molecule has 0 radical (unpaired) electrons. The van der Waals surface area contributed by atoms with Crippen molar-refractivity contribution in [2.75, 3.05) is 26.2 Å². The van der Waals surface area contributed by atoms with Crippen molar-refractivity contribution in [1.82, 2.24) is 14.8 Å². The monoisotopic (exact) mass is 349 g/mol. The van der Waals surface area contributed by atoms with Crippen LogP contribution in [0.1, 0.15) is 28.9 Å². The van der Waals surface area contributed by atoms with Crippen molar-refractivity contribution in [3.05, 3.63) is 65.2 Å². The normalized spacial score (nSPS) is 16.7. The minimum absolute atomic E-state index is 0.000998. The Hall–Kier alpha value is -2.41. The van der Waals surface area contributed by atoms with Crippen LogP contribution in [0.25, 0.3) is 0 Å². The summed E-state index contributed by atoms with van der Waals surface area (Å²) in [7, 11) is 0. The fourth-order valence-corrected chi connectivity index (χ4v) is 3.07. The van der Waals surface area contributed by atoms with Gasteiger partial charge in [-0.25, -0.2) is 13.2 Å². The van der Waals surface area contributed by atoms with Gasteiger partial charge >= 0.3 is 0 Å². The van der Waals surface area contributed by atoms with Crippen molar-refractivity contribution in [3.63, 3.8) is 0 Å². The summed E-state index contributed by atoms with van der Waals surface area (Å²) in [5.41, 5.74) is 0.419. The van der Waals surface area contributed by atoms with Crippen LogP contribution >= 0.6 is 0 Å². The minimum atomic E-state index is -0.642. The van der Waals surface area contributed by atoms with E-state index in [0.29, 0.717) is 31.7 Å². The van der Waals surface area contributed by atoms with Gasteiger partial charge in [-0.2, -0.15) is 0 Å². The second-order valence-electron chi connectivity index (χ2n) is 6.03. The third-order valence-corrected chi connectivity index (χ3v) is 4.56. The number of piperazine rings is 1. The Balaban J connectivity index is 1.65. The summed E-state index contributed by atoms with van der Waals surface area (Å²) in [6.45, 7) is 3.71. The van der Waals surface area contributed by atoms with Gasteiger partial charge in [0.1, 0.15) is 11.6 Å². The first kappa shape index (κ1) is 17.4. The standard InChI is InChI=1S/C18H18F3N3O/c1-12(14-3-2-13(19)10-16(14)20)23-6-8-24(9-7-23)18(25)15-4-5-22-11-17(15)21/h2-5,10-12H,6-9H2,1H3/t12-/m1/s1. The Morgan fingerprint density at radius 3 is 2.44 bits per heavy atom. The number of rotatable bonds is 3. The van der Waals surface area contributed by atoms with Gasteiger partial charge in [-0.1, -0.05) is 6.07 Å². The van der Waals surface area contributed by atoms with Crippen LogP contribution in [0, 0.1) is 17.5 Å². The van der Waals surface area contributed by atoms with Crippen molar-refractivity contribution < 1.29 is 18.0 Å². The number of benzene rings is 1. The van der Waals surface area contributed by atoms with E-state index in [1.807, 2.05) is 11.8 Å². The molecule has 0 N–H and O–H groups in total. The summed E-state index contributed by atoms with van der Waals surface area (Å²) in [6.07, 6.45) is 2.40. The quantitative estimate of drug-likeness (QED) is 0.855. The fourth-order valence-electron chi connectivity index (χ4n) is 3.07. The van der Waals surface area contributed by atoms with Crippen LogP contribution in [-0.4, -0.2) is 46.9 Å².